The number of rotatable bonds is 8. The molecule has 1 aromatic heterocycles. The molecule has 1 aliphatic heterocycles. The van der Waals surface area contributed by atoms with E-state index < -0.39 is 5.91 Å². The van der Waals surface area contributed by atoms with E-state index >= 15 is 0 Å². The lowest BCUT2D eigenvalue weighted by atomic mass is 10.0. The number of hydrogen-bond donors (Lipinski definition) is 1. The van der Waals surface area contributed by atoms with Gasteiger partial charge in [-0.05, 0) is 48.5 Å². The number of nitrogens with one attached hydrogen (secondary N) is 1. The summed E-state index contributed by atoms with van der Waals surface area (Å²) in [4.78, 5) is 31.0. The van der Waals surface area contributed by atoms with E-state index in [9.17, 15) is 9.59 Å². The Kier molecular flexibility index (Phi) is 7.17. The third-order valence-electron chi connectivity index (χ3n) is 6.41. The maximum Gasteiger partial charge on any atom is 0.303 e. The Morgan fingerprint density at radius 1 is 0.829 bits per heavy atom. The summed E-state index contributed by atoms with van der Waals surface area (Å²) in [5.41, 5.74) is 7.71. The van der Waals surface area contributed by atoms with Gasteiger partial charge in [-0.3, -0.25) is 15.0 Å². The molecule has 0 aliphatic carbocycles. The van der Waals surface area contributed by atoms with Crippen LogP contribution in [0.1, 0.15) is 21.5 Å². The number of ketones is 1. The van der Waals surface area contributed by atoms with Gasteiger partial charge < -0.3 is 4.74 Å². The Balaban J connectivity index is 1.26. The molecule has 4 aromatic carbocycles. The van der Waals surface area contributed by atoms with Gasteiger partial charge in [-0.1, -0.05) is 60.7 Å². The fraction of sp³-hybridized carbons (Fsp3) is 0.0312. The minimum Gasteiger partial charge on any atom is -0.497 e. The monoisotopic (exact) mass is 557 g/mol. The van der Waals surface area contributed by atoms with Crippen LogP contribution in [0, 0.1) is 0 Å². The van der Waals surface area contributed by atoms with Crippen LogP contribution in [0.3, 0.4) is 0 Å². The summed E-state index contributed by atoms with van der Waals surface area (Å²) < 4.78 is 5.24. The van der Waals surface area contributed by atoms with E-state index in [-0.39, 0.29) is 11.5 Å². The predicted octanol–water partition coefficient (Wildman–Crippen LogP) is 6.27. The SMILES string of the molecule is COc1ccc(-c2csc(N3N=C(c4ccccc4)/C(=N\Nc4ccc(C(=O)c5ccccc5)cc4)C3=O)n2)cc1. The second-order valence-electron chi connectivity index (χ2n) is 9.02. The van der Waals surface area contributed by atoms with Gasteiger partial charge in [-0.15, -0.1) is 11.3 Å². The molecule has 0 radical (unpaired) electrons. The predicted molar refractivity (Wildman–Crippen MR) is 162 cm³/mol. The van der Waals surface area contributed by atoms with Gasteiger partial charge in [-0.2, -0.15) is 15.2 Å². The molecular formula is C32H23N5O3S. The highest BCUT2D eigenvalue weighted by molar-refractivity contribution is 7.14. The third kappa shape index (κ3) is 5.39. The molecule has 1 amide bonds. The van der Waals surface area contributed by atoms with Crippen LogP contribution in [-0.4, -0.2) is 35.2 Å². The Morgan fingerprint density at radius 2 is 1.49 bits per heavy atom. The Labute approximate surface area is 240 Å². The maximum atomic E-state index is 13.6. The average Bonchev–Trinajstić information content (AvgIpc) is 3.65. The van der Waals surface area contributed by atoms with Crippen molar-refractivity contribution in [3.63, 3.8) is 0 Å². The third-order valence-corrected chi connectivity index (χ3v) is 7.22. The fourth-order valence-electron chi connectivity index (χ4n) is 4.24. The molecule has 200 valence electrons. The number of methoxy groups -OCH3 is 1. The molecule has 41 heavy (non-hydrogen) atoms. The molecule has 0 unspecified atom stereocenters. The standard InChI is InChI=1S/C32H23N5O3S/c1-40-26-18-14-21(15-19-26)27-20-41-32(33-27)37-31(39)29(28(36-37)22-8-4-2-5-9-22)35-34-25-16-12-24(13-17-25)30(38)23-10-6-3-7-11-23/h2-20,34H,1H3/b35-29+. The van der Waals surface area contributed by atoms with Crippen LogP contribution >= 0.6 is 11.3 Å². The van der Waals surface area contributed by atoms with Crippen LogP contribution in [0.25, 0.3) is 11.3 Å². The van der Waals surface area contributed by atoms with E-state index in [1.807, 2.05) is 78.2 Å². The molecule has 1 aliphatic rings. The Bertz CT molecular complexity index is 1760. The number of benzene rings is 4. The molecule has 1 N–H and O–H groups in total. The van der Waals surface area contributed by atoms with Crippen molar-refractivity contribution < 1.29 is 14.3 Å². The number of nitrogens with zero attached hydrogens (tertiary/aromatic N) is 4. The first-order valence-electron chi connectivity index (χ1n) is 12.7. The molecule has 0 saturated carbocycles. The zero-order valence-electron chi connectivity index (χ0n) is 21.9. The van der Waals surface area contributed by atoms with Crippen molar-refractivity contribution in [3.8, 4) is 17.0 Å². The summed E-state index contributed by atoms with van der Waals surface area (Å²) in [7, 11) is 1.62. The van der Waals surface area contributed by atoms with Gasteiger partial charge in [-0.25, -0.2) is 4.98 Å². The first-order valence-corrected chi connectivity index (χ1v) is 13.6. The van der Waals surface area contributed by atoms with E-state index in [1.165, 1.54) is 16.3 Å². The number of ether oxygens (including phenoxy) is 1. The smallest absolute Gasteiger partial charge is 0.303 e. The van der Waals surface area contributed by atoms with Gasteiger partial charge in [0.25, 0.3) is 0 Å². The van der Waals surface area contributed by atoms with Crippen molar-refractivity contribution in [2.75, 3.05) is 17.5 Å². The van der Waals surface area contributed by atoms with E-state index in [0.717, 1.165) is 22.6 Å². The van der Waals surface area contributed by atoms with E-state index in [2.05, 4.69) is 20.6 Å². The van der Waals surface area contributed by atoms with Crippen molar-refractivity contribution in [1.29, 1.82) is 0 Å². The minimum absolute atomic E-state index is 0.0685. The second-order valence-corrected chi connectivity index (χ2v) is 9.86. The first kappa shape index (κ1) is 25.8. The maximum absolute atomic E-state index is 13.6. The number of anilines is 2. The number of amides is 1. The number of hydrogen-bond acceptors (Lipinski definition) is 8. The summed E-state index contributed by atoms with van der Waals surface area (Å²) in [6.07, 6.45) is 0. The molecule has 0 spiro atoms. The normalized spacial score (nSPS) is 13.8. The lowest BCUT2D eigenvalue weighted by molar-refractivity contribution is -0.112. The van der Waals surface area contributed by atoms with Crippen molar-refractivity contribution >= 4 is 45.3 Å². The quantitative estimate of drug-likeness (QED) is 0.179. The van der Waals surface area contributed by atoms with Gasteiger partial charge in [0.1, 0.15) is 11.5 Å². The van der Waals surface area contributed by atoms with Gasteiger partial charge in [0.2, 0.25) is 5.13 Å². The number of carbonyl (C=O) groups is 2. The molecule has 2 heterocycles. The van der Waals surface area contributed by atoms with Crippen molar-refractivity contribution in [1.82, 2.24) is 4.98 Å². The molecule has 9 heteroatoms. The second kappa shape index (κ2) is 11.4. The van der Waals surface area contributed by atoms with Gasteiger partial charge >= 0.3 is 5.91 Å². The molecule has 6 rings (SSSR count). The lowest BCUT2D eigenvalue weighted by Crippen LogP contribution is -2.28. The molecule has 0 bridgehead atoms. The van der Waals surface area contributed by atoms with E-state index in [0.29, 0.717) is 27.7 Å². The van der Waals surface area contributed by atoms with Crippen LogP contribution < -0.4 is 15.2 Å². The largest absolute Gasteiger partial charge is 0.497 e. The molecule has 0 saturated heterocycles. The Morgan fingerprint density at radius 3 is 2.17 bits per heavy atom. The van der Waals surface area contributed by atoms with Crippen molar-refractivity contribution in [3.05, 3.63) is 131 Å². The molecular weight excluding hydrogens is 534 g/mol. The van der Waals surface area contributed by atoms with E-state index in [4.69, 9.17) is 4.74 Å². The zero-order valence-corrected chi connectivity index (χ0v) is 22.7. The minimum atomic E-state index is -0.400. The van der Waals surface area contributed by atoms with E-state index in [1.54, 1.807) is 43.5 Å². The van der Waals surface area contributed by atoms with Crippen molar-refractivity contribution in [2.45, 2.75) is 0 Å². The zero-order chi connectivity index (χ0) is 28.2. The summed E-state index contributed by atoms with van der Waals surface area (Å²) in [5.74, 6) is 0.283. The number of hydrazone groups is 2. The average molecular weight is 558 g/mol. The molecule has 8 nitrogen and oxygen atoms in total. The van der Waals surface area contributed by atoms with Crippen molar-refractivity contribution in [2.24, 2.45) is 10.2 Å². The summed E-state index contributed by atoms with van der Waals surface area (Å²) in [5, 5.41) is 12.7. The summed E-state index contributed by atoms with van der Waals surface area (Å²) >= 11 is 1.32. The number of aromatic nitrogens is 1. The first-order chi connectivity index (χ1) is 20.1. The molecule has 5 aromatic rings. The van der Waals surface area contributed by atoms with Crippen LogP contribution in [0.5, 0.6) is 5.75 Å². The fourth-order valence-corrected chi connectivity index (χ4v) is 5.02. The van der Waals surface area contributed by atoms with Gasteiger partial charge in [0, 0.05) is 27.6 Å². The van der Waals surface area contributed by atoms with Gasteiger partial charge in [0.15, 0.2) is 11.5 Å². The molecule has 0 fully saturated rings. The van der Waals surface area contributed by atoms with Gasteiger partial charge in [0.05, 0.1) is 18.5 Å². The lowest BCUT2D eigenvalue weighted by Gasteiger charge is -2.07. The molecule has 0 atom stereocenters. The van der Waals surface area contributed by atoms with Crippen LogP contribution in [0.4, 0.5) is 10.8 Å². The highest BCUT2D eigenvalue weighted by atomic mass is 32.1. The highest BCUT2D eigenvalue weighted by Crippen LogP contribution is 2.31. The topological polar surface area (TPSA) is 96.2 Å². The van der Waals surface area contributed by atoms with Crippen LogP contribution in [-0.2, 0) is 4.79 Å². The number of thiazole rings is 1. The summed E-state index contributed by atoms with van der Waals surface area (Å²) in [6, 6.07) is 33.0. The van der Waals surface area contributed by atoms with Crippen LogP contribution in [0.2, 0.25) is 0 Å². The Hall–Kier alpha value is -5.41. The highest BCUT2D eigenvalue weighted by Gasteiger charge is 2.35. The van der Waals surface area contributed by atoms with Crippen LogP contribution in [0.15, 0.2) is 125 Å². The summed E-state index contributed by atoms with van der Waals surface area (Å²) in [6.45, 7) is 0. The number of carbonyl (C=O) groups excluding carboxylic acids is 2.